The molecular formula is C48H30. The molecule has 0 heterocycles. The molecule has 0 bridgehead atoms. The second-order valence-corrected chi connectivity index (χ2v) is 12.8. The Balaban J connectivity index is 1.38. The molecule has 0 nitrogen and oxygen atoms in total. The van der Waals surface area contributed by atoms with Gasteiger partial charge in [0.1, 0.15) is 0 Å². The van der Waals surface area contributed by atoms with Crippen LogP contribution in [0.5, 0.6) is 0 Å². The first-order valence-electron chi connectivity index (χ1n) is 16.7. The van der Waals surface area contributed by atoms with E-state index in [1.54, 1.807) is 0 Å². The predicted molar refractivity (Wildman–Crippen MR) is 208 cm³/mol. The fourth-order valence-corrected chi connectivity index (χ4v) is 8.03. The molecule has 0 amide bonds. The molecule has 10 rings (SSSR count). The van der Waals surface area contributed by atoms with Crippen molar-refractivity contribution < 1.29 is 0 Å². The molecule has 0 aliphatic rings. The number of fused-ring (bicyclic) bond motifs is 7. The summed E-state index contributed by atoms with van der Waals surface area (Å²) in [6.07, 6.45) is 0. The van der Waals surface area contributed by atoms with Crippen LogP contribution in [0.15, 0.2) is 182 Å². The van der Waals surface area contributed by atoms with Crippen LogP contribution in [0.4, 0.5) is 0 Å². The SMILES string of the molecule is c1ccc2c(-c3ccc(-c4cccc5ccccc45)c4c(-c5ccc6c(ccc7ccccc76)c5)c5ccccc5cc34)cccc2c1. The van der Waals surface area contributed by atoms with E-state index in [-0.39, 0.29) is 0 Å². The average Bonchev–Trinajstić information content (AvgIpc) is 3.16. The zero-order valence-electron chi connectivity index (χ0n) is 26.3. The Kier molecular flexibility index (Phi) is 5.98. The Bertz CT molecular complexity index is 2880. The van der Waals surface area contributed by atoms with Crippen LogP contribution in [0.2, 0.25) is 0 Å². The summed E-state index contributed by atoms with van der Waals surface area (Å²) in [7, 11) is 0. The lowest BCUT2D eigenvalue weighted by Crippen LogP contribution is -1.93. The molecule has 0 saturated heterocycles. The minimum Gasteiger partial charge on any atom is -0.0616 e. The van der Waals surface area contributed by atoms with E-state index in [1.807, 2.05) is 0 Å². The predicted octanol–water partition coefficient (Wildman–Crippen LogP) is 13.6. The van der Waals surface area contributed by atoms with Gasteiger partial charge < -0.3 is 0 Å². The smallest absolute Gasteiger partial charge is 0.00139 e. The van der Waals surface area contributed by atoms with Crippen molar-refractivity contribution >= 4 is 64.6 Å². The van der Waals surface area contributed by atoms with Gasteiger partial charge >= 0.3 is 0 Å². The van der Waals surface area contributed by atoms with Gasteiger partial charge in [0.25, 0.3) is 0 Å². The van der Waals surface area contributed by atoms with Crippen molar-refractivity contribution in [2.45, 2.75) is 0 Å². The number of benzene rings is 10. The summed E-state index contributed by atoms with van der Waals surface area (Å²) in [5.74, 6) is 0. The van der Waals surface area contributed by atoms with E-state index < -0.39 is 0 Å². The number of hydrogen-bond donors (Lipinski definition) is 0. The number of hydrogen-bond acceptors (Lipinski definition) is 0. The van der Waals surface area contributed by atoms with E-state index in [0.29, 0.717) is 0 Å². The quantitative estimate of drug-likeness (QED) is 0.139. The zero-order valence-corrected chi connectivity index (χ0v) is 26.3. The van der Waals surface area contributed by atoms with E-state index in [4.69, 9.17) is 0 Å². The van der Waals surface area contributed by atoms with E-state index in [9.17, 15) is 0 Å². The molecule has 0 radical (unpaired) electrons. The minimum atomic E-state index is 1.23. The Morgan fingerprint density at radius 2 is 0.688 bits per heavy atom. The molecule has 10 aromatic carbocycles. The highest BCUT2D eigenvalue weighted by Gasteiger charge is 2.20. The Morgan fingerprint density at radius 3 is 1.40 bits per heavy atom. The van der Waals surface area contributed by atoms with Gasteiger partial charge in [0.05, 0.1) is 0 Å². The molecule has 0 spiro atoms. The normalized spacial score (nSPS) is 11.8. The third-order valence-corrected chi connectivity index (χ3v) is 10.2. The molecule has 0 atom stereocenters. The van der Waals surface area contributed by atoms with Gasteiger partial charge in [-0.2, -0.15) is 0 Å². The zero-order chi connectivity index (χ0) is 31.6. The second kappa shape index (κ2) is 10.7. The second-order valence-electron chi connectivity index (χ2n) is 12.8. The van der Waals surface area contributed by atoms with Crippen molar-refractivity contribution in [2.24, 2.45) is 0 Å². The molecule has 0 fully saturated rings. The lowest BCUT2D eigenvalue weighted by atomic mass is 9.83. The third kappa shape index (κ3) is 4.10. The first kappa shape index (κ1) is 26.9. The molecule has 0 aliphatic heterocycles. The van der Waals surface area contributed by atoms with Crippen LogP contribution in [0.25, 0.3) is 98.0 Å². The lowest BCUT2D eigenvalue weighted by Gasteiger charge is -2.20. The summed E-state index contributed by atoms with van der Waals surface area (Å²) >= 11 is 0. The largest absolute Gasteiger partial charge is 0.0616 e. The van der Waals surface area contributed by atoms with Crippen LogP contribution in [0.1, 0.15) is 0 Å². The lowest BCUT2D eigenvalue weighted by molar-refractivity contribution is 1.66. The third-order valence-electron chi connectivity index (χ3n) is 10.2. The highest BCUT2D eigenvalue weighted by molar-refractivity contribution is 6.23. The summed E-state index contributed by atoms with van der Waals surface area (Å²) in [5.41, 5.74) is 7.54. The summed E-state index contributed by atoms with van der Waals surface area (Å²) in [6.45, 7) is 0. The van der Waals surface area contributed by atoms with Gasteiger partial charge in [0.15, 0.2) is 0 Å². The van der Waals surface area contributed by atoms with Gasteiger partial charge in [-0.15, -0.1) is 0 Å². The van der Waals surface area contributed by atoms with Crippen LogP contribution in [-0.4, -0.2) is 0 Å². The monoisotopic (exact) mass is 606 g/mol. The van der Waals surface area contributed by atoms with Crippen LogP contribution >= 0.6 is 0 Å². The highest BCUT2D eigenvalue weighted by atomic mass is 14.2. The highest BCUT2D eigenvalue weighted by Crippen LogP contribution is 2.47. The van der Waals surface area contributed by atoms with Gasteiger partial charge in [0.2, 0.25) is 0 Å². The standard InChI is InChI=1S/C48H30/c1-6-18-38-31(11-1)15-9-21-42(38)44-27-28-45(43-22-10-16-32-12-2-7-19-39(32)43)48-46(44)30-34-14-4-8-20-41(34)47(48)36-25-26-40-35(29-36)24-23-33-13-3-5-17-37(33)40/h1-30H. The van der Waals surface area contributed by atoms with Crippen LogP contribution in [0.3, 0.4) is 0 Å². The van der Waals surface area contributed by atoms with Gasteiger partial charge in [-0.3, -0.25) is 0 Å². The first-order valence-corrected chi connectivity index (χ1v) is 16.7. The molecular weight excluding hydrogens is 577 g/mol. The van der Waals surface area contributed by atoms with E-state index in [1.165, 1.54) is 98.0 Å². The van der Waals surface area contributed by atoms with E-state index >= 15 is 0 Å². The molecule has 48 heavy (non-hydrogen) atoms. The van der Waals surface area contributed by atoms with Gasteiger partial charge in [-0.1, -0.05) is 170 Å². The number of rotatable bonds is 3. The van der Waals surface area contributed by atoms with Crippen molar-refractivity contribution in [1.29, 1.82) is 0 Å². The van der Waals surface area contributed by atoms with Crippen LogP contribution < -0.4 is 0 Å². The van der Waals surface area contributed by atoms with Crippen molar-refractivity contribution in [3.63, 3.8) is 0 Å². The summed E-state index contributed by atoms with van der Waals surface area (Å²) in [6, 6.07) is 67.3. The summed E-state index contributed by atoms with van der Waals surface area (Å²) < 4.78 is 0. The fourth-order valence-electron chi connectivity index (χ4n) is 8.03. The van der Waals surface area contributed by atoms with E-state index in [0.717, 1.165) is 0 Å². The van der Waals surface area contributed by atoms with Gasteiger partial charge in [0, 0.05) is 0 Å². The molecule has 0 aromatic heterocycles. The minimum absolute atomic E-state index is 1.23. The maximum Gasteiger partial charge on any atom is -0.00139 e. The van der Waals surface area contributed by atoms with Crippen LogP contribution in [0, 0.1) is 0 Å². The maximum absolute atomic E-state index is 2.43. The van der Waals surface area contributed by atoms with Crippen molar-refractivity contribution in [1.82, 2.24) is 0 Å². The molecule has 10 aromatic rings. The molecule has 0 saturated carbocycles. The van der Waals surface area contributed by atoms with Crippen molar-refractivity contribution in [3.8, 4) is 33.4 Å². The van der Waals surface area contributed by atoms with E-state index in [2.05, 4.69) is 182 Å². The fraction of sp³-hybridized carbons (Fsp3) is 0. The molecule has 222 valence electrons. The summed E-state index contributed by atoms with van der Waals surface area (Å²) in [4.78, 5) is 0. The molecule has 0 N–H and O–H groups in total. The topological polar surface area (TPSA) is 0 Å². The van der Waals surface area contributed by atoms with Crippen molar-refractivity contribution in [2.75, 3.05) is 0 Å². The Hall–Kier alpha value is -6.24. The summed E-state index contributed by atoms with van der Waals surface area (Å²) in [5, 5.41) is 15.2. The van der Waals surface area contributed by atoms with Crippen LogP contribution in [-0.2, 0) is 0 Å². The van der Waals surface area contributed by atoms with Gasteiger partial charge in [-0.05, 0) is 110 Å². The Labute approximate surface area is 279 Å². The molecule has 0 heteroatoms. The average molecular weight is 607 g/mol. The van der Waals surface area contributed by atoms with Gasteiger partial charge in [-0.25, -0.2) is 0 Å². The van der Waals surface area contributed by atoms with Crippen molar-refractivity contribution in [3.05, 3.63) is 182 Å². The first-order chi connectivity index (χ1) is 23.8. The molecule has 0 aliphatic carbocycles. The Morgan fingerprint density at radius 1 is 0.229 bits per heavy atom. The maximum atomic E-state index is 2.43. The molecule has 0 unspecified atom stereocenters.